The van der Waals surface area contributed by atoms with Crippen LogP contribution in [0.25, 0.3) is 0 Å². The lowest BCUT2D eigenvalue weighted by Crippen LogP contribution is -2.58. The fourth-order valence-corrected chi connectivity index (χ4v) is 2.90. The molecular formula is C19H24ClN3O4. The first-order chi connectivity index (χ1) is 12.5. The van der Waals surface area contributed by atoms with Crippen LogP contribution in [0.15, 0.2) is 47.1 Å². The highest BCUT2D eigenvalue weighted by Gasteiger charge is 2.28. The number of furan rings is 1. The molecule has 0 saturated carbocycles. The Morgan fingerprint density at radius 3 is 2.85 bits per heavy atom. The van der Waals surface area contributed by atoms with Gasteiger partial charge < -0.3 is 24.7 Å². The number of amides is 2. The maximum absolute atomic E-state index is 12.4. The Balaban J connectivity index is 0.00000261. The van der Waals surface area contributed by atoms with Gasteiger partial charge in [0.15, 0.2) is 12.4 Å². The van der Waals surface area contributed by atoms with E-state index in [4.69, 9.17) is 9.15 Å². The van der Waals surface area contributed by atoms with E-state index in [0.29, 0.717) is 18.0 Å². The molecule has 0 radical (unpaired) electrons. The Hall–Kier alpha value is -2.51. The van der Waals surface area contributed by atoms with Crippen LogP contribution in [0.1, 0.15) is 24.4 Å². The summed E-state index contributed by atoms with van der Waals surface area (Å²) in [6.07, 6.45) is 1.44. The SMILES string of the molecule is CC1NCCN(C(=O)COc2cccc(NC(=O)c3ccco3)c2)C1C.Cl. The second kappa shape index (κ2) is 9.43. The molecule has 0 bridgehead atoms. The van der Waals surface area contributed by atoms with Gasteiger partial charge in [-0.2, -0.15) is 0 Å². The van der Waals surface area contributed by atoms with E-state index in [-0.39, 0.29) is 48.7 Å². The smallest absolute Gasteiger partial charge is 0.291 e. The second-order valence-corrected chi connectivity index (χ2v) is 6.32. The summed E-state index contributed by atoms with van der Waals surface area (Å²) >= 11 is 0. The third-order valence-electron chi connectivity index (χ3n) is 4.55. The fourth-order valence-electron chi connectivity index (χ4n) is 2.90. The largest absolute Gasteiger partial charge is 0.484 e. The lowest BCUT2D eigenvalue weighted by molar-refractivity contribution is -0.137. The molecule has 0 spiro atoms. The number of carbonyl (C=O) groups excluding carboxylic acids is 2. The molecule has 1 aromatic heterocycles. The first-order valence-electron chi connectivity index (χ1n) is 8.65. The summed E-state index contributed by atoms with van der Waals surface area (Å²) in [4.78, 5) is 26.3. The number of piperazine rings is 1. The van der Waals surface area contributed by atoms with Gasteiger partial charge in [-0.25, -0.2) is 0 Å². The maximum atomic E-state index is 12.4. The summed E-state index contributed by atoms with van der Waals surface area (Å²) < 4.78 is 10.7. The first kappa shape index (κ1) is 20.8. The van der Waals surface area contributed by atoms with Crippen LogP contribution in [0.5, 0.6) is 5.75 Å². The summed E-state index contributed by atoms with van der Waals surface area (Å²) in [5, 5.41) is 6.08. The monoisotopic (exact) mass is 393 g/mol. The molecule has 2 unspecified atom stereocenters. The normalized spacial score (nSPS) is 19.1. The molecule has 2 amide bonds. The van der Waals surface area contributed by atoms with Crippen LogP contribution >= 0.6 is 12.4 Å². The molecule has 0 aliphatic carbocycles. The van der Waals surface area contributed by atoms with Crippen LogP contribution in [0.2, 0.25) is 0 Å². The van der Waals surface area contributed by atoms with Crippen LogP contribution in [0.3, 0.4) is 0 Å². The van der Waals surface area contributed by atoms with Gasteiger partial charge in [-0.3, -0.25) is 9.59 Å². The van der Waals surface area contributed by atoms with Crippen LogP contribution in [-0.4, -0.2) is 48.5 Å². The van der Waals surface area contributed by atoms with Crippen molar-refractivity contribution in [2.45, 2.75) is 25.9 Å². The van der Waals surface area contributed by atoms with E-state index in [1.54, 1.807) is 36.4 Å². The number of nitrogens with one attached hydrogen (secondary N) is 2. The van der Waals surface area contributed by atoms with Crippen LogP contribution in [0.4, 0.5) is 5.69 Å². The van der Waals surface area contributed by atoms with E-state index in [2.05, 4.69) is 17.6 Å². The molecule has 146 valence electrons. The number of nitrogens with zero attached hydrogens (tertiary/aromatic N) is 1. The van der Waals surface area contributed by atoms with E-state index in [1.807, 2.05) is 11.8 Å². The van der Waals surface area contributed by atoms with E-state index in [0.717, 1.165) is 6.54 Å². The number of hydrogen-bond acceptors (Lipinski definition) is 5. The zero-order valence-electron chi connectivity index (χ0n) is 15.3. The van der Waals surface area contributed by atoms with E-state index in [9.17, 15) is 9.59 Å². The van der Waals surface area contributed by atoms with Crippen LogP contribution in [-0.2, 0) is 4.79 Å². The number of carbonyl (C=O) groups is 2. The van der Waals surface area contributed by atoms with Crippen molar-refractivity contribution >= 4 is 29.9 Å². The molecular weight excluding hydrogens is 370 g/mol. The molecule has 2 atom stereocenters. The highest BCUT2D eigenvalue weighted by Crippen LogP contribution is 2.19. The highest BCUT2D eigenvalue weighted by molar-refractivity contribution is 6.02. The Morgan fingerprint density at radius 1 is 1.30 bits per heavy atom. The minimum Gasteiger partial charge on any atom is -0.484 e. The number of rotatable bonds is 5. The number of anilines is 1. The second-order valence-electron chi connectivity index (χ2n) is 6.32. The molecule has 7 nitrogen and oxygen atoms in total. The van der Waals surface area contributed by atoms with Crippen molar-refractivity contribution in [1.29, 1.82) is 0 Å². The Labute approximate surface area is 164 Å². The van der Waals surface area contributed by atoms with E-state index < -0.39 is 0 Å². The molecule has 1 aromatic carbocycles. The van der Waals surface area contributed by atoms with Gasteiger partial charge in [-0.1, -0.05) is 6.07 Å². The minimum atomic E-state index is -0.341. The zero-order valence-corrected chi connectivity index (χ0v) is 16.1. The van der Waals surface area contributed by atoms with Gasteiger partial charge >= 0.3 is 0 Å². The molecule has 1 aliphatic rings. The molecule has 27 heavy (non-hydrogen) atoms. The fraction of sp³-hybridized carbons (Fsp3) is 0.368. The van der Waals surface area contributed by atoms with Crippen molar-refractivity contribution in [3.8, 4) is 5.75 Å². The van der Waals surface area contributed by atoms with Crippen molar-refractivity contribution < 1.29 is 18.7 Å². The van der Waals surface area contributed by atoms with Crippen molar-refractivity contribution in [3.05, 3.63) is 48.4 Å². The summed E-state index contributed by atoms with van der Waals surface area (Å²) in [6.45, 7) is 5.51. The van der Waals surface area contributed by atoms with Crippen molar-refractivity contribution in [2.75, 3.05) is 25.0 Å². The van der Waals surface area contributed by atoms with Crippen molar-refractivity contribution in [2.24, 2.45) is 0 Å². The molecule has 8 heteroatoms. The van der Waals surface area contributed by atoms with Gasteiger partial charge in [0.05, 0.1) is 6.26 Å². The van der Waals surface area contributed by atoms with Gasteiger partial charge in [0.2, 0.25) is 0 Å². The first-order valence-corrected chi connectivity index (χ1v) is 8.65. The Morgan fingerprint density at radius 2 is 2.11 bits per heavy atom. The van der Waals surface area contributed by atoms with Crippen LogP contribution < -0.4 is 15.4 Å². The third-order valence-corrected chi connectivity index (χ3v) is 4.55. The lowest BCUT2D eigenvalue weighted by atomic mass is 10.1. The average molecular weight is 394 g/mol. The predicted octanol–water partition coefficient (Wildman–Crippen LogP) is 2.54. The molecule has 2 heterocycles. The minimum absolute atomic E-state index is 0. The molecule has 3 rings (SSSR count). The van der Waals surface area contributed by atoms with Crippen molar-refractivity contribution in [1.82, 2.24) is 10.2 Å². The number of benzene rings is 1. The predicted molar refractivity (Wildman–Crippen MR) is 104 cm³/mol. The molecule has 2 aromatic rings. The standard InChI is InChI=1S/C19H23N3O4.ClH/c1-13-14(2)22(9-8-20-13)18(23)12-26-16-6-3-5-15(11-16)21-19(24)17-7-4-10-25-17;/h3-7,10-11,13-14,20H,8-9,12H2,1-2H3,(H,21,24);1H. The number of hydrogen-bond donors (Lipinski definition) is 2. The van der Waals surface area contributed by atoms with Gasteiger partial charge in [0, 0.05) is 36.9 Å². The van der Waals surface area contributed by atoms with E-state index in [1.165, 1.54) is 6.26 Å². The average Bonchev–Trinajstić information content (AvgIpc) is 3.17. The summed E-state index contributed by atoms with van der Waals surface area (Å²) in [5.41, 5.74) is 0.570. The topological polar surface area (TPSA) is 83.8 Å². The molecule has 1 fully saturated rings. The lowest BCUT2D eigenvalue weighted by Gasteiger charge is -2.38. The molecule has 1 aliphatic heterocycles. The summed E-state index contributed by atoms with van der Waals surface area (Å²) in [7, 11) is 0. The van der Waals surface area contributed by atoms with Crippen molar-refractivity contribution in [3.63, 3.8) is 0 Å². The number of ether oxygens (including phenoxy) is 1. The highest BCUT2D eigenvalue weighted by atomic mass is 35.5. The number of halogens is 1. The third kappa shape index (κ3) is 5.24. The van der Waals surface area contributed by atoms with Gasteiger partial charge in [-0.15, -0.1) is 12.4 Å². The molecule has 1 saturated heterocycles. The zero-order chi connectivity index (χ0) is 18.5. The van der Waals surface area contributed by atoms with Gasteiger partial charge in [0.25, 0.3) is 11.8 Å². The summed E-state index contributed by atoms with van der Waals surface area (Å²) in [5.74, 6) is 0.363. The van der Waals surface area contributed by atoms with Gasteiger partial charge in [-0.05, 0) is 38.1 Å². The van der Waals surface area contributed by atoms with Gasteiger partial charge in [0.1, 0.15) is 5.75 Å². The Bertz CT molecular complexity index is 766. The van der Waals surface area contributed by atoms with Crippen LogP contribution in [0, 0.1) is 0 Å². The molecule has 2 N–H and O–H groups in total. The summed E-state index contributed by atoms with van der Waals surface area (Å²) in [6, 6.07) is 10.6. The quantitative estimate of drug-likeness (QED) is 0.815. The Kier molecular flexibility index (Phi) is 7.27. The van der Waals surface area contributed by atoms with E-state index >= 15 is 0 Å². The maximum Gasteiger partial charge on any atom is 0.291 e.